The minimum Gasteiger partial charge on any atom is -0.282 e. The van der Waals surface area contributed by atoms with E-state index in [9.17, 15) is 13.2 Å². The molecule has 1 heterocycles. The van der Waals surface area contributed by atoms with E-state index < -0.39 is 24.6 Å². The van der Waals surface area contributed by atoms with Crippen molar-refractivity contribution in [3.05, 3.63) is 0 Å². The van der Waals surface area contributed by atoms with Gasteiger partial charge in [-0.05, 0) is 0 Å². The Morgan fingerprint density at radius 1 is 1.30 bits per heavy atom. The first-order chi connectivity index (χ1) is 4.63. The van der Waals surface area contributed by atoms with Gasteiger partial charge in [-0.1, -0.05) is 6.92 Å². The van der Waals surface area contributed by atoms with Gasteiger partial charge in [-0.3, -0.25) is 5.32 Å². The highest BCUT2D eigenvalue weighted by Crippen LogP contribution is 2.22. The van der Waals surface area contributed by atoms with Crippen LogP contribution in [0.1, 0.15) is 6.92 Å². The first-order valence-electron chi connectivity index (χ1n) is 3.28. The molecular formula is C6H10F3N. The van der Waals surface area contributed by atoms with E-state index in [0.717, 1.165) is 0 Å². The van der Waals surface area contributed by atoms with Gasteiger partial charge in [-0.2, -0.15) is 0 Å². The Morgan fingerprint density at radius 2 is 1.90 bits per heavy atom. The van der Waals surface area contributed by atoms with E-state index in [4.69, 9.17) is 0 Å². The number of halogens is 3. The molecule has 1 N–H and O–H groups in total. The molecule has 1 fully saturated rings. The zero-order valence-electron chi connectivity index (χ0n) is 5.65. The minimum atomic E-state index is -1.70. The Hall–Kier alpha value is -0.250. The maximum absolute atomic E-state index is 12.5. The lowest BCUT2D eigenvalue weighted by Crippen LogP contribution is -2.50. The summed E-state index contributed by atoms with van der Waals surface area (Å²) in [7, 11) is 0. The van der Waals surface area contributed by atoms with Crippen molar-refractivity contribution in [3.8, 4) is 0 Å². The van der Waals surface area contributed by atoms with Crippen molar-refractivity contribution in [2.45, 2.75) is 25.6 Å². The summed E-state index contributed by atoms with van der Waals surface area (Å²) >= 11 is 0. The zero-order valence-corrected chi connectivity index (χ0v) is 5.65. The predicted octanol–water partition coefficient (Wildman–Crippen LogP) is 1.20. The van der Waals surface area contributed by atoms with Crippen molar-refractivity contribution < 1.29 is 13.2 Å². The molecule has 0 spiro atoms. The van der Waals surface area contributed by atoms with Crippen molar-refractivity contribution in [1.29, 1.82) is 0 Å². The van der Waals surface area contributed by atoms with Crippen LogP contribution >= 0.6 is 0 Å². The Labute approximate surface area is 57.6 Å². The topological polar surface area (TPSA) is 12.0 Å². The molecule has 0 bridgehead atoms. The summed E-state index contributed by atoms with van der Waals surface area (Å²) in [4.78, 5) is 0. The summed E-state index contributed by atoms with van der Waals surface area (Å²) in [5.74, 6) is -0.823. The molecule has 1 aliphatic heterocycles. The van der Waals surface area contributed by atoms with Crippen LogP contribution in [0, 0.1) is 5.92 Å². The first kappa shape index (κ1) is 7.85. The van der Waals surface area contributed by atoms with Crippen LogP contribution in [0.25, 0.3) is 0 Å². The second kappa shape index (κ2) is 2.78. The summed E-state index contributed by atoms with van der Waals surface area (Å²) < 4.78 is 37.4. The Balaban J connectivity index is 2.52. The van der Waals surface area contributed by atoms with Crippen LogP contribution < -0.4 is 5.32 Å². The van der Waals surface area contributed by atoms with Crippen LogP contribution in [-0.4, -0.2) is 25.2 Å². The van der Waals surface area contributed by atoms with Gasteiger partial charge in [0.2, 0.25) is 0 Å². The molecule has 1 rings (SSSR count). The van der Waals surface area contributed by atoms with Gasteiger partial charge >= 0.3 is 0 Å². The van der Waals surface area contributed by atoms with Crippen molar-refractivity contribution in [3.63, 3.8) is 0 Å². The molecule has 0 radical (unpaired) electrons. The van der Waals surface area contributed by atoms with Crippen molar-refractivity contribution >= 4 is 0 Å². The second-order valence-corrected chi connectivity index (χ2v) is 2.63. The Morgan fingerprint density at radius 3 is 2.40 bits per heavy atom. The smallest absolute Gasteiger partial charge is 0.183 e. The highest BCUT2D eigenvalue weighted by Gasteiger charge is 2.36. The normalized spacial score (nSPS) is 49.2. The molecule has 0 aliphatic carbocycles. The molecular weight excluding hydrogens is 143 g/mol. The molecule has 4 heteroatoms. The molecule has 60 valence electrons. The van der Waals surface area contributed by atoms with Gasteiger partial charge in [0.1, 0.15) is 12.3 Å². The molecule has 0 amide bonds. The number of hydrogen-bond donors (Lipinski definition) is 1. The Bertz CT molecular complexity index is 106. The highest BCUT2D eigenvalue weighted by atomic mass is 19.2. The number of hydrogen-bond acceptors (Lipinski definition) is 1. The maximum Gasteiger partial charge on any atom is 0.183 e. The molecule has 1 aliphatic rings. The third-order valence-electron chi connectivity index (χ3n) is 1.86. The SMILES string of the molecule is CC1C(F)CNC(F)C1F. The summed E-state index contributed by atoms with van der Waals surface area (Å²) in [6, 6.07) is 0. The van der Waals surface area contributed by atoms with E-state index in [1.54, 1.807) is 0 Å². The van der Waals surface area contributed by atoms with Gasteiger partial charge in [0.15, 0.2) is 6.30 Å². The second-order valence-electron chi connectivity index (χ2n) is 2.63. The van der Waals surface area contributed by atoms with E-state index in [1.807, 2.05) is 0 Å². The van der Waals surface area contributed by atoms with Gasteiger partial charge in [0.05, 0.1) is 0 Å². The zero-order chi connectivity index (χ0) is 7.72. The van der Waals surface area contributed by atoms with Crippen molar-refractivity contribution in [2.24, 2.45) is 5.92 Å². The van der Waals surface area contributed by atoms with E-state index in [2.05, 4.69) is 5.32 Å². The van der Waals surface area contributed by atoms with E-state index in [-0.39, 0.29) is 6.54 Å². The third-order valence-corrected chi connectivity index (χ3v) is 1.86. The summed E-state index contributed by atoms with van der Waals surface area (Å²) in [5.41, 5.74) is 0. The molecule has 0 aromatic carbocycles. The molecule has 0 saturated carbocycles. The predicted molar refractivity (Wildman–Crippen MR) is 31.9 cm³/mol. The monoisotopic (exact) mass is 153 g/mol. The van der Waals surface area contributed by atoms with Crippen molar-refractivity contribution in [2.75, 3.05) is 6.54 Å². The van der Waals surface area contributed by atoms with Crippen molar-refractivity contribution in [1.82, 2.24) is 5.32 Å². The number of piperidine rings is 1. The average Bonchev–Trinajstić information content (AvgIpc) is 1.93. The molecule has 10 heavy (non-hydrogen) atoms. The summed E-state index contributed by atoms with van der Waals surface area (Å²) in [5, 5.41) is 2.10. The fraction of sp³-hybridized carbons (Fsp3) is 1.00. The number of rotatable bonds is 0. The third kappa shape index (κ3) is 1.26. The van der Waals surface area contributed by atoms with E-state index >= 15 is 0 Å². The first-order valence-corrected chi connectivity index (χ1v) is 3.28. The van der Waals surface area contributed by atoms with E-state index in [1.165, 1.54) is 6.92 Å². The van der Waals surface area contributed by atoms with Gasteiger partial charge < -0.3 is 0 Å². The van der Waals surface area contributed by atoms with Crippen LogP contribution in [0.2, 0.25) is 0 Å². The lowest BCUT2D eigenvalue weighted by atomic mass is 9.96. The number of alkyl halides is 3. The highest BCUT2D eigenvalue weighted by molar-refractivity contribution is 4.85. The molecule has 1 nitrogen and oxygen atoms in total. The Kier molecular flexibility index (Phi) is 2.18. The average molecular weight is 153 g/mol. The van der Waals surface area contributed by atoms with Crippen LogP contribution in [-0.2, 0) is 0 Å². The summed E-state index contributed by atoms with van der Waals surface area (Å²) in [6.07, 6.45) is -4.66. The summed E-state index contributed by atoms with van der Waals surface area (Å²) in [6.45, 7) is 1.30. The van der Waals surface area contributed by atoms with Crippen LogP contribution in [0.3, 0.4) is 0 Å². The molecule has 4 atom stereocenters. The number of nitrogens with one attached hydrogen (secondary N) is 1. The molecule has 0 aromatic heterocycles. The van der Waals surface area contributed by atoms with Crippen LogP contribution in [0.4, 0.5) is 13.2 Å². The lowest BCUT2D eigenvalue weighted by Gasteiger charge is -2.29. The van der Waals surface area contributed by atoms with Gasteiger partial charge in [-0.25, -0.2) is 13.2 Å². The maximum atomic E-state index is 12.5. The van der Waals surface area contributed by atoms with Gasteiger partial charge in [-0.15, -0.1) is 0 Å². The molecule has 1 saturated heterocycles. The molecule has 4 unspecified atom stereocenters. The fourth-order valence-electron chi connectivity index (χ4n) is 0.990. The van der Waals surface area contributed by atoms with E-state index in [0.29, 0.717) is 0 Å². The lowest BCUT2D eigenvalue weighted by molar-refractivity contribution is 0.0125. The minimum absolute atomic E-state index is 0.0806. The van der Waals surface area contributed by atoms with Crippen LogP contribution in [0.5, 0.6) is 0 Å². The largest absolute Gasteiger partial charge is 0.282 e. The quantitative estimate of drug-likeness (QED) is 0.515. The van der Waals surface area contributed by atoms with Gasteiger partial charge in [0, 0.05) is 12.5 Å². The standard InChI is InChI=1S/C6H10F3N/c1-3-4(7)2-10-6(9)5(3)8/h3-6,10H,2H2,1H3. The fourth-order valence-corrected chi connectivity index (χ4v) is 0.990. The van der Waals surface area contributed by atoms with Crippen LogP contribution in [0.15, 0.2) is 0 Å². The molecule has 0 aromatic rings. The van der Waals surface area contributed by atoms with Gasteiger partial charge in [0.25, 0.3) is 0 Å².